The number of hydrogen-bond donors (Lipinski definition) is 0. The molecule has 0 N–H and O–H groups in total. The molecule has 0 saturated heterocycles. The molecule has 0 aliphatic rings. The molecule has 0 spiro atoms. The summed E-state index contributed by atoms with van der Waals surface area (Å²) in [5, 5.41) is -0.422. The Kier molecular flexibility index (Phi) is 3.92. The van der Waals surface area contributed by atoms with Gasteiger partial charge in [-0.2, -0.15) is 8.42 Å². The maximum atomic E-state index is 13.3. The summed E-state index contributed by atoms with van der Waals surface area (Å²) < 4.78 is 67.2. The third-order valence-electron chi connectivity index (χ3n) is 2.27. The number of benzene rings is 2. The molecule has 2 aromatic carbocycles. The van der Waals surface area contributed by atoms with Crippen LogP contribution in [-0.4, -0.2) is 8.42 Å². The SMILES string of the molecule is O=S(=O)(Oc1ccc(F)cc1F)c1ccc(F)c(Cl)c1. The van der Waals surface area contributed by atoms with E-state index in [1.165, 1.54) is 0 Å². The fourth-order valence-corrected chi connectivity index (χ4v) is 2.55. The van der Waals surface area contributed by atoms with E-state index in [0.29, 0.717) is 6.07 Å². The molecule has 3 nitrogen and oxygen atoms in total. The van der Waals surface area contributed by atoms with Gasteiger partial charge < -0.3 is 4.18 Å². The van der Waals surface area contributed by atoms with Gasteiger partial charge in [0.15, 0.2) is 11.6 Å². The smallest absolute Gasteiger partial charge is 0.339 e. The molecule has 0 atom stereocenters. The van der Waals surface area contributed by atoms with Crippen molar-refractivity contribution in [3.8, 4) is 5.75 Å². The van der Waals surface area contributed by atoms with Crippen LogP contribution in [0.5, 0.6) is 5.75 Å². The Bertz CT molecular complexity index is 763. The van der Waals surface area contributed by atoms with E-state index >= 15 is 0 Å². The normalized spacial score (nSPS) is 11.4. The van der Waals surface area contributed by atoms with Gasteiger partial charge in [0, 0.05) is 6.07 Å². The van der Waals surface area contributed by atoms with Gasteiger partial charge in [0.25, 0.3) is 0 Å². The largest absolute Gasteiger partial charge is 0.376 e. The maximum absolute atomic E-state index is 13.3. The van der Waals surface area contributed by atoms with Crippen molar-refractivity contribution in [2.45, 2.75) is 4.90 Å². The lowest BCUT2D eigenvalue weighted by molar-refractivity contribution is 0.457. The molecular weight excluding hydrogens is 317 g/mol. The van der Waals surface area contributed by atoms with Crippen molar-refractivity contribution in [1.82, 2.24) is 0 Å². The van der Waals surface area contributed by atoms with Gasteiger partial charge in [-0.3, -0.25) is 0 Å². The second-order valence-corrected chi connectivity index (χ2v) is 5.64. The Morgan fingerprint density at radius 1 is 0.950 bits per heavy atom. The van der Waals surface area contributed by atoms with Crippen molar-refractivity contribution in [2.75, 3.05) is 0 Å². The molecule has 0 fully saturated rings. The summed E-state index contributed by atoms with van der Waals surface area (Å²) in [5.41, 5.74) is 0. The Morgan fingerprint density at radius 2 is 1.65 bits per heavy atom. The van der Waals surface area contributed by atoms with Crippen molar-refractivity contribution >= 4 is 21.7 Å². The molecular formula is C12H6ClF3O3S. The molecule has 0 bridgehead atoms. The van der Waals surface area contributed by atoms with Gasteiger partial charge in [-0.15, -0.1) is 0 Å². The van der Waals surface area contributed by atoms with Gasteiger partial charge in [0.05, 0.1) is 5.02 Å². The Labute approximate surface area is 117 Å². The maximum Gasteiger partial charge on any atom is 0.339 e. The zero-order valence-corrected chi connectivity index (χ0v) is 11.2. The molecule has 0 aromatic heterocycles. The highest BCUT2D eigenvalue weighted by atomic mass is 35.5. The van der Waals surface area contributed by atoms with Crippen LogP contribution in [-0.2, 0) is 10.1 Å². The highest BCUT2D eigenvalue weighted by Crippen LogP contribution is 2.25. The number of halogens is 4. The third-order valence-corrected chi connectivity index (χ3v) is 3.79. The first-order valence-electron chi connectivity index (χ1n) is 5.14. The van der Waals surface area contributed by atoms with Crippen molar-refractivity contribution in [3.63, 3.8) is 0 Å². The van der Waals surface area contributed by atoms with E-state index in [2.05, 4.69) is 4.18 Å². The molecule has 8 heteroatoms. The topological polar surface area (TPSA) is 43.4 Å². The first kappa shape index (κ1) is 14.7. The van der Waals surface area contributed by atoms with Gasteiger partial charge in [0.1, 0.15) is 16.5 Å². The monoisotopic (exact) mass is 322 g/mol. The van der Waals surface area contributed by atoms with E-state index in [-0.39, 0.29) is 0 Å². The minimum Gasteiger partial charge on any atom is -0.376 e. The predicted molar refractivity (Wildman–Crippen MR) is 65.6 cm³/mol. The molecule has 0 radical (unpaired) electrons. The van der Waals surface area contributed by atoms with E-state index in [1.807, 2.05) is 0 Å². The zero-order valence-electron chi connectivity index (χ0n) is 9.61. The van der Waals surface area contributed by atoms with Crippen LogP contribution >= 0.6 is 11.6 Å². The van der Waals surface area contributed by atoms with Crippen LogP contribution in [0, 0.1) is 17.5 Å². The Morgan fingerprint density at radius 3 is 2.25 bits per heavy atom. The highest BCUT2D eigenvalue weighted by Gasteiger charge is 2.20. The summed E-state index contributed by atoms with van der Waals surface area (Å²) in [6, 6.07) is 4.71. The van der Waals surface area contributed by atoms with Crippen molar-refractivity contribution in [1.29, 1.82) is 0 Å². The Hall–Kier alpha value is -1.73. The van der Waals surface area contributed by atoms with Crippen molar-refractivity contribution in [2.24, 2.45) is 0 Å². The lowest BCUT2D eigenvalue weighted by Gasteiger charge is -2.08. The van der Waals surface area contributed by atoms with Crippen LogP contribution < -0.4 is 4.18 Å². The highest BCUT2D eigenvalue weighted by molar-refractivity contribution is 7.87. The molecule has 2 rings (SSSR count). The van der Waals surface area contributed by atoms with Crippen LogP contribution in [0.25, 0.3) is 0 Å². The molecule has 0 unspecified atom stereocenters. The predicted octanol–water partition coefficient (Wildman–Crippen LogP) is 3.53. The van der Waals surface area contributed by atoms with Gasteiger partial charge >= 0.3 is 10.1 Å². The van der Waals surface area contributed by atoms with Gasteiger partial charge in [-0.05, 0) is 30.3 Å². The van der Waals surface area contributed by atoms with Crippen LogP contribution in [0.3, 0.4) is 0 Å². The molecule has 0 saturated carbocycles. The molecule has 0 amide bonds. The molecule has 20 heavy (non-hydrogen) atoms. The molecule has 0 aliphatic heterocycles. The number of hydrogen-bond acceptors (Lipinski definition) is 3. The first-order chi connectivity index (χ1) is 9.29. The second-order valence-electron chi connectivity index (χ2n) is 3.69. The van der Waals surface area contributed by atoms with Crippen molar-refractivity contribution < 1.29 is 25.8 Å². The standard InChI is InChI=1S/C12H6ClF3O3S/c13-9-6-8(2-3-10(9)15)20(17,18)19-12-4-1-7(14)5-11(12)16/h1-6H. The van der Waals surface area contributed by atoms with Crippen LogP contribution in [0.4, 0.5) is 13.2 Å². The molecule has 0 aliphatic carbocycles. The minimum absolute atomic E-state index is 0.422. The quantitative estimate of drug-likeness (QED) is 0.812. The van der Waals surface area contributed by atoms with Crippen LogP contribution in [0.15, 0.2) is 41.3 Å². The summed E-state index contributed by atoms with van der Waals surface area (Å²) in [5.74, 6) is -3.54. The number of rotatable bonds is 3. The fraction of sp³-hybridized carbons (Fsp3) is 0. The average Bonchev–Trinajstić information content (AvgIpc) is 2.36. The Balaban J connectivity index is 2.38. The first-order valence-corrected chi connectivity index (χ1v) is 6.93. The van der Waals surface area contributed by atoms with E-state index in [1.54, 1.807) is 0 Å². The summed E-state index contributed by atoms with van der Waals surface area (Å²) in [4.78, 5) is -0.451. The summed E-state index contributed by atoms with van der Waals surface area (Å²) in [6.07, 6.45) is 0. The summed E-state index contributed by atoms with van der Waals surface area (Å²) >= 11 is 5.46. The lowest BCUT2D eigenvalue weighted by atomic mass is 10.3. The van der Waals surface area contributed by atoms with Gasteiger partial charge in [-0.25, -0.2) is 13.2 Å². The van der Waals surface area contributed by atoms with E-state index in [9.17, 15) is 21.6 Å². The van der Waals surface area contributed by atoms with Crippen LogP contribution in [0.2, 0.25) is 5.02 Å². The minimum atomic E-state index is -4.40. The fourth-order valence-electron chi connectivity index (χ4n) is 1.34. The summed E-state index contributed by atoms with van der Waals surface area (Å²) in [6.45, 7) is 0. The second kappa shape index (κ2) is 5.34. The average molecular weight is 323 g/mol. The summed E-state index contributed by atoms with van der Waals surface area (Å²) in [7, 11) is -4.40. The molecule has 106 valence electrons. The molecule has 2 aromatic rings. The third kappa shape index (κ3) is 3.05. The lowest BCUT2D eigenvalue weighted by Crippen LogP contribution is -2.11. The van der Waals surface area contributed by atoms with Crippen LogP contribution in [0.1, 0.15) is 0 Å². The van der Waals surface area contributed by atoms with E-state index in [0.717, 1.165) is 30.3 Å². The van der Waals surface area contributed by atoms with E-state index < -0.39 is 43.2 Å². The van der Waals surface area contributed by atoms with E-state index in [4.69, 9.17) is 11.6 Å². The van der Waals surface area contributed by atoms with Gasteiger partial charge in [-0.1, -0.05) is 11.6 Å². The van der Waals surface area contributed by atoms with Gasteiger partial charge in [0.2, 0.25) is 0 Å². The zero-order chi connectivity index (χ0) is 14.9. The molecule has 0 heterocycles. The van der Waals surface area contributed by atoms with Crippen molar-refractivity contribution in [3.05, 3.63) is 58.9 Å².